The van der Waals surface area contributed by atoms with Gasteiger partial charge in [0, 0.05) is 16.3 Å². The van der Waals surface area contributed by atoms with Crippen molar-refractivity contribution in [3.05, 3.63) is 38.5 Å². The number of carboxylic acid groups (broad SMARTS) is 1. The zero-order valence-corrected chi connectivity index (χ0v) is 12.1. The van der Waals surface area contributed by atoms with Crippen molar-refractivity contribution in [2.24, 2.45) is 0 Å². The summed E-state index contributed by atoms with van der Waals surface area (Å²) < 4.78 is 0. The van der Waals surface area contributed by atoms with Crippen LogP contribution in [0.4, 0.5) is 0 Å². The second kappa shape index (κ2) is 5.34. The maximum atomic E-state index is 12.5. The van der Waals surface area contributed by atoms with Crippen LogP contribution in [0, 0.1) is 0 Å². The van der Waals surface area contributed by atoms with Gasteiger partial charge in [0.1, 0.15) is 0 Å². The average molecular weight is 308 g/mol. The third-order valence-electron chi connectivity index (χ3n) is 3.06. The van der Waals surface area contributed by atoms with Crippen LogP contribution >= 0.6 is 22.7 Å². The molecular weight excluding hydrogens is 296 g/mol. The first-order valence-corrected chi connectivity index (χ1v) is 7.93. The van der Waals surface area contributed by atoms with Gasteiger partial charge in [0.05, 0.1) is 6.54 Å². The smallest absolute Gasteiger partial charge is 0.355 e. The molecule has 2 aromatic rings. The molecule has 0 spiro atoms. The number of aromatic carboxylic acids is 1. The van der Waals surface area contributed by atoms with E-state index in [9.17, 15) is 9.59 Å². The molecule has 104 valence electrons. The SMILES string of the molecule is O=C(O)c1csc(C(=O)N(Cc2cccs2)C2CC2)n1. The molecule has 0 bridgehead atoms. The molecule has 0 saturated heterocycles. The van der Waals surface area contributed by atoms with E-state index >= 15 is 0 Å². The van der Waals surface area contributed by atoms with Crippen LogP contribution in [0.25, 0.3) is 0 Å². The van der Waals surface area contributed by atoms with Gasteiger partial charge < -0.3 is 10.0 Å². The van der Waals surface area contributed by atoms with E-state index in [2.05, 4.69) is 4.98 Å². The highest BCUT2D eigenvalue weighted by molar-refractivity contribution is 7.12. The standard InChI is InChI=1S/C13H12N2O3S2/c16-12(11-14-10(7-20-11)13(17)18)15(8-3-4-8)6-9-2-1-5-19-9/h1-2,5,7-8H,3-4,6H2,(H,17,18). The van der Waals surface area contributed by atoms with Crippen molar-refractivity contribution < 1.29 is 14.7 Å². The van der Waals surface area contributed by atoms with Crippen molar-refractivity contribution in [3.8, 4) is 0 Å². The fraction of sp³-hybridized carbons (Fsp3) is 0.308. The Labute approximate surface area is 123 Å². The highest BCUT2D eigenvalue weighted by Crippen LogP contribution is 2.31. The van der Waals surface area contributed by atoms with Crippen molar-refractivity contribution in [2.45, 2.75) is 25.4 Å². The van der Waals surface area contributed by atoms with Gasteiger partial charge in [-0.3, -0.25) is 4.79 Å². The molecule has 0 unspecified atom stereocenters. The molecule has 1 fully saturated rings. The highest BCUT2D eigenvalue weighted by Gasteiger charge is 2.34. The van der Waals surface area contributed by atoms with Crippen LogP contribution < -0.4 is 0 Å². The number of thiazole rings is 1. The quantitative estimate of drug-likeness (QED) is 0.922. The zero-order valence-electron chi connectivity index (χ0n) is 10.5. The Morgan fingerprint density at radius 3 is 2.75 bits per heavy atom. The van der Waals surface area contributed by atoms with E-state index in [0.29, 0.717) is 6.54 Å². The molecule has 1 N–H and O–H groups in total. The first-order chi connectivity index (χ1) is 9.65. The van der Waals surface area contributed by atoms with Gasteiger partial charge in [0.15, 0.2) is 10.7 Å². The summed E-state index contributed by atoms with van der Waals surface area (Å²) in [7, 11) is 0. The topological polar surface area (TPSA) is 70.5 Å². The number of carbonyl (C=O) groups excluding carboxylic acids is 1. The maximum absolute atomic E-state index is 12.5. The van der Waals surface area contributed by atoms with Gasteiger partial charge in [-0.1, -0.05) is 6.07 Å². The fourth-order valence-electron chi connectivity index (χ4n) is 1.92. The van der Waals surface area contributed by atoms with Crippen LogP contribution in [0.3, 0.4) is 0 Å². The molecule has 1 aliphatic carbocycles. The molecule has 7 heteroatoms. The largest absolute Gasteiger partial charge is 0.476 e. The lowest BCUT2D eigenvalue weighted by molar-refractivity contribution is 0.0691. The first kappa shape index (κ1) is 13.3. The second-order valence-corrected chi connectivity index (χ2v) is 6.48. The van der Waals surface area contributed by atoms with Crippen LogP contribution in [-0.4, -0.2) is 32.9 Å². The predicted molar refractivity (Wildman–Crippen MR) is 76.3 cm³/mol. The van der Waals surface area contributed by atoms with Gasteiger partial charge in [0.2, 0.25) is 0 Å². The number of hydrogen-bond acceptors (Lipinski definition) is 5. The Balaban J connectivity index is 1.79. The number of aromatic nitrogens is 1. The lowest BCUT2D eigenvalue weighted by Crippen LogP contribution is -2.32. The van der Waals surface area contributed by atoms with Gasteiger partial charge in [-0.05, 0) is 24.3 Å². The molecule has 1 aliphatic rings. The Kier molecular flexibility index (Phi) is 3.54. The highest BCUT2D eigenvalue weighted by atomic mass is 32.1. The molecule has 1 saturated carbocycles. The Morgan fingerprint density at radius 1 is 1.40 bits per heavy atom. The lowest BCUT2D eigenvalue weighted by atomic mass is 10.3. The second-order valence-electron chi connectivity index (χ2n) is 4.59. The number of carbonyl (C=O) groups is 2. The van der Waals surface area contributed by atoms with Crippen molar-refractivity contribution in [1.29, 1.82) is 0 Å². The van der Waals surface area contributed by atoms with Gasteiger partial charge >= 0.3 is 5.97 Å². The van der Waals surface area contributed by atoms with E-state index < -0.39 is 5.97 Å². The van der Waals surface area contributed by atoms with Crippen molar-refractivity contribution >= 4 is 34.6 Å². The summed E-state index contributed by atoms with van der Waals surface area (Å²) in [5.41, 5.74) is -0.0646. The predicted octanol–water partition coefficient (Wildman–Crippen LogP) is 2.71. The van der Waals surface area contributed by atoms with Crippen molar-refractivity contribution in [3.63, 3.8) is 0 Å². The lowest BCUT2D eigenvalue weighted by Gasteiger charge is -2.20. The minimum atomic E-state index is -1.10. The molecule has 20 heavy (non-hydrogen) atoms. The molecule has 1 amide bonds. The van der Waals surface area contributed by atoms with E-state index in [1.54, 1.807) is 16.2 Å². The Morgan fingerprint density at radius 2 is 2.20 bits per heavy atom. The summed E-state index contributed by atoms with van der Waals surface area (Å²) in [4.78, 5) is 30.1. The molecule has 0 aromatic carbocycles. The molecule has 0 aliphatic heterocycles. The monoisotopic (exact) mass is 308 g/mol. The number of carboxylic acids is 1. The van der Waals surface area contributed by atoms with E-state index in [-0.39, 0.29) is 22.7 Å². The van der Waals surface area contributed by atoms with Crippen LogP contribution in [0.2, 0.25) is 0 Å². The van der Waals surface area contributed by atoms with E-state index in [1.807, 2.05) is 17.5 Å². The van der Waals surface area contributed by atoms with E-state index in [4.69, 9.17) is 5.11 Å². The molecule has 2 heterocycles. The maximum Gasteiger partial charge on any atom is 0.355 e. The fourth-order valence-corrected chi connectivity index (χ4v) is 3.37. The summed E-state index contributed by atoms with van der Waals surface area (Å²) >= 11 is 2.71. The van der Waals surface area contributed by atoms with Crippen molar-refractivity contribution in [1.82, 2.24) is 9.88 Å². The zero-order chi connectivity index (χ0) is 14.1. The minimum absolute atomic E-state index is 0.0646. The summed E-state index contributed by atoms with van der Waals surface area (Å²) in [5.74, 6) is -1.27. The van der Waals surface area contributed by atoms with Crippen LogP contribution in [-0.2, 0) is 6.54 Å². The number of amides is 1. The molecule has 3 rings (SSSR count). The summed E-state index contributed by atoms with van der Waals surface area (Å²) in [5, 5.41) is 12.5. The minimum Gasteiger partial charge on any atom is -0.476 e. The first-order valence-electron chi connectivity index (χ1n) is 6.17. The van der Waals surface area contributed by atoms with Crippen molar-refractivity contribution in [2.75, 3.05) is 0 Å². The Bertz CT molecular complexity index is 632. The van der Waals surface area contributed by atoms with E-state index in [1.165, 1.54) is 5.38 Å². The third-order valence-corrected chi connectivity index (χ3v) is 4.75. The average Bonchev–Trinajstić information content (AvgIpc) is 2.95. The molecule has 5 nitrogen and oxygen atoms in total. The van der Waals surface area contributed by atoms with Gasteiger partial charge in [-0.15, -0.1) is 22.7 Å². The van der Waals surface area contributed by atoms with Gasteiger partial charge in [0.25, 0.3) is 5.91 Å². The number of nitrogens with zero attached hydrogens (tertiary/aromatic N) is 2. The number of hydrogen-bond donors (Lipinski definition) is 1. The molecular formula is C13H12N2O3S2. The van der Waals surface area contributed by atoms with E-state index in [0.717, 1.165) is 29.1 Å². The molecule has 0 atom stereocenters. The Hall–Kier alpha value is -1.73. The van der Waals surface area contributed by atoms with Crippen LogP contribution in [0.1, 0.15) is 38.0 Å². The summed E-state index contributed by atoms with van der Waals surface area (Å²) in [6, 6.07) is 4.22. The summed E-state index contributed by atoms with van der Waals surface area (Å²) in [6.07, 6.45) is 2.02. The molecule has 0 radical (unpaired) electrons. The van der Waals surface area contributed by atoms with Crippen LogP contribution in [0.5, 0.6) is 0 Å². The normalized spacial score (nSPS) is 14.2. The number of thiophene rings is 1. The van der Waals surface area contributed by atoms with Gasteiger partial charge in [-0.2, -0.15) is 0 Å². The van der Waals surface area contributed by atoms with Gasteiger partial charge in [-0.25, -0.2) is 9.78 Å². The number of rotatable bonds is 5. The third kappa shape index (κ3) is 2.73. The van der Waals surface area contributed by atoms with Crippen LogP contribution in [0.15, 0.2) is 22.9 Å². The molecule has 2 aromatic heterocycles. The summed E-state index contributed by atoms with van der Waals surface area (Å²) in [6.45, 7) is 0.573.